The van der Waals surface area contributed by atoms with Crippen molar-refractivity contribution in [2.45, 2.75) is 32.8 Å². The summed E-state index contributed by atoms with van der Waals surface area (Å²) in [7, 11) is 2.16. The Morgan fingerprint density at radius 1 is 1.30 bits per heavy atom. The largest absolute Gasteiger partial charge is 0.461 e. The third-order valence-corrected chi connectivity index (χ3v) is 3.36. The zero-order valence-electron chi connectivity index (χ0n) is 12.5. The van der Waals surface area contributed by atoms with E-state index in [9.17, 15) is 0 Å². The van der Waals surface area contributed by atoms with Gasteiger partial charge in [-0.1, -0.05) is 0 Å². The standard InChI is InChI=1S/C13H24N6O/c1-9(2)20-13-17-11(14)16-12(18-13)15-8-10-4-6-19(3)7-5-10/h9-10H,4-8H2,1-3H3,(H3,14,15,16,17,18). The van der Waals surface area contributed by atoms with Crippen molar-refractivity contribution in [1.82, 2.24) is 19.9 Å². The molecule has 0 amide bonds. The SMILES string of the molecule is CC(C)Oc1nc(N)nc(NCC2CCN(C)CC2)n1. The third-order valence-electron chi connectivity index (χ3n) is 3.36. The Balaban J connectivity index is 1.90. The number of nitrogens with one attached hydrogen (secondary N) is 1. The minimum Gasteiger partial charge on any atom is -0.461 e. The highest BCUT2D eigenvalue weighted by Gasteiger charge is 2.17. The highest BCUT2D eigenvalue weighted by Crippen LogP contribution is 2.17. The van der Waals surface area contributed by atoms with Gasteiger partial charge < -0.3 is 20.7 Å². The average Bonchev–Trinajstić information content (AvgIpc) is 2.36. The predicted molar refractivity (Wildman–Crippen MR) is 78.7 cm³/mol. The van der Waals surface area contributed by atoms with Gasteiger partial charge in [-0.3, -0.25) is 0 Å². The molecule has 0 radical (unpaired) electrons. The van der Waals surface area contributed by atoms with Crippen molar-refractivity contribution < 1.29 is 4.74 Å². The third kappa shape index (κ3) is 4.48. The summed E-state index contributed by atoms with van der Waals surface area (Å²) < 4.78 is 5.45. The number of nitrogens with zero attached hydrogens (tertiary/aromatic N) is 4. The van der Waals surface area contributed by atoms with Crippen LogP contribution in [0.5, 0.6) is 6.01 Å². The molecule has 1 saturated heterocycles. The summed E-state index contributed by atoms with van der Waals surface area (Å²) in [6.07, 6.45) is 2.40. The Morgan fingerprint density at radius 2 is 2.00 bits per heavy atom. The van der Waals surface area contributed by atoms with Crippen molar-refractivity contribution >= 4 is 11.9 Å². The summed E-state index contributed by atoms with van der Waals surface area (Å²) in [5, 5.41) is 3.24. The van der Waals surface area contributed by atoms with Crippen LogP contribution in [-0.2, 0) is 0 Å². The van der Waals surface area contributed by atoms with Gasteiger partial charge in [-0.15, -0.1) is 0 Å². The molecule has 1 fully saturated rings. The fourth-order valence-corrected chi connectivity index (χ4v) is 2.22. The lowest BCUT2D eigenvalue weighted by Crippen LogP contribution is -2.33. The molecule has 0 aliphatic carbocycles. The van der Waals surface area contributed by atoms with Gasteiger partial charge in [-0.2, -0.15) is 15.0 Å². The molecule has 1 aromatic rings. The molecule has 7 nitrogen and oxygen atoms in total. The number of rotatable bonds is 5. The van der Waals surface area contributed by atoms with Crippen molar-refractivity contribution in [3.8, 4) is 6.01 Å². The second kappa shape index (κ2) is 6.69. The van der Waals surface area contributed by atoms with Crippen LogP contribution in [-0.4, -0.2) is 52.6 Å². The number of aromatic nitrogens is 3. The minimum absolute atomic E-state index is 0.0125. The number of nitrogens with two attached hydrogens (primary N) is 1. The fourth-order valence-electron chi connectivity index (χ4n) is 2.22. The van der Waals surface area contributed by atoms with E-state index >= 15 is 0 Å². The molecule has 7 heteroatoms. The molecule has 0 bridgehead atoms. The van der Waals surface area contributed by atoms with Crippen LogP contribution < -0.4 is 15.8 Å². The number of hydrogen-bond acceptors (Lipinski definition) is 7. The number of anilines is 2. The summed E-state index contributed by atoms with van der Waals surface area (Å²) in [6.45, 7) is 7.00. The lowest BCUT2D eigenvalue weighted by Gasteiger charge is -2.28. The molecule has 112 valence electrons. The van der Waals surface area contributed by atoms with E-state index in [4.69, 9.17) is 10.5 Å². The van der Waals surface area contributed by atoms with Gasteiger partial charge >= 0.3 is 6.01 Å². The zero-order chi connectivity index (χ0) is 14.5. The molecular weight excluding hydrogens is 256 g/mol. The van der Waals surface area contributed by atoms with Gasteiger partial charge in [0, 0.05) is 6.54 Å². The fraction of sp³-hybridized carbons (Fsp3) is 0.769. The predicted octanol–water partition coefficient (Wildman–Crippen LogP) is 0.995. The Kier molecular flexibility index (Phi) is 4.94. The van der Waals surface area contributed by atoms with Gasteiger partial charge in [0.25, 0.3) is 0 Å². The second-order valence-corrected chi connectivity index (χ2v) is 5.59. The van der Waals surface area contributed by atoms with Crippen LogP contribution in [0.1, 0.15) is 26.7 Å². The Hall–Kier alpha value is -1.63. The number of nitrogen functional groups attached to an aromatic ring is 1. The van der Waals surface area contributed by atoms with Crippen molar-refractivity contribution in [2.24, 2.45) is 5.92 Å². The molecular formula is C13H24N6O. The first-order valence-corrected chi connectivity index (χ1v) is 7.13. The maximum atomic E-state index is 5.67. The zero-order valence-corrected chi connectivity index (χ0v) is 12.5. The summed E-state index contributed by atoms with van der Waals surface area (Å²) in [5.41, 5.74) is 5.67. The van der Waals surface area contributed by atoms with Crippen LogP contribution in [0.2, 0.25) is 0 Å². The summed E-state index contributed by atoms with van der Waals surface area (Å²) in [6, 6.07) is 0.276. The van der Waals surface area contributed by atoms with Crippen molar-refractivity contribution in [1.29, 1.82) is 0 Å². The highest BCUT2D eigenvalue weighted by molar-refractivity contribution is 5.32. The number of piperidine rings is 1. The lowest BCUT2D eigenvalue weighted by atomic mass is 9.97. The van der Waals surface area contributed by atoms with Crippen LogP contribution in [0.3, 0.4) is 0 Å². The maximum absolute atomic E-state index is 5.67. The van der Waals surface area contributed by atoms with E-state index in [2.05, 4.69) is 32.2 Å². The van der Waals surface area contributed by atoms with Gasteiger partial charge in [0.15, 0.2) is 0 Å². The normalized spacial score (nSPS) is 17.4. The van der Waals surface area contributed by atoms with Gasteiger partial charge in [-0.05, 0) is 52.7 Å². The first-order valence-electron chi connectivity index (χ1n) is 7.13. The van der Waals surface area contributed by atoms with E-state index in [0.29, 0.717) is 11.9 Å². The van der Waals surface area contributed by atoms with Crippen LogP contribution in [0.25, 0.3) is 0 Å². The van der Waals surface area contributed by atoms with Crippen molar-refractivity contribution in [3.63, 3.8) is 0 Å². The van der Waals surface area contributed by atoms with Crippen molar-refractivity contribution in [2.75, 3.05) is 37.7 Å². The molecule has 2 rings (SSSR count). The molecule has 0 aromatic carbocycles. The highest BCUT2D eigenvalue weighted by atomic mass is 16.5. The topological polar surface area (TPSA) is 89.2 Å². The molecule has 20 heavy (non-hydrogen) atoms. The monoisotopic (exact) mass is 280 g/mol. The van der Waals surface area contributed by atoms with E-state index in [0.717, 1.165) is 19.6 Å². The Labute approximate surface area is 119 Å². The molecule has 0 spiro atoms. The lowest BCUT2D eigenvalue weighted by molar-refractivity contribution is 0.221. The number of likely N-dealkylation sites (tertiary alicyclic amines) is 1. The maximum Gasteiger partial charge on any atom is 0.323 e. The first kappa shape index (κ1) is 14.8. The Bertz CT molecular complexity index is 431. The Morgan fingerprint density at radius 3 is 2.65 bits per heavy atom. The molecule has 0 unspecified atom stereocenters. The number of hydrogen-bond donors (Lipinski definition) is 2. The average molecular weight is 280 g/mol. The first-order chi connectivity index (χ1) is 9.52. The molecule has 1 aliphatic heterocycles. The van der Waals surface area contributed by atoms with Crippen LogP contribution in [0.15, 0.2) is 0 Å². The van der Waals surface area contributed by atoms with Gasteiger partial charge in [0.2, 0.25) is 11.9 Å². The molecule has 1 aromatic heterocycles. The smallest absolute Gasteiger partial charge is 0.323 e. The van der Waals surface area contributed by atoms with Gasteiger partial charge in [0.1, 0.15) is 0 Å². The summed E-state index contributed by atoms with van der Waals surface area (Å²) >= 11 is 0. The summed E-state index contributed by atoms with van der Waals surface area (Å²) in [4.78, 5) is 14.6. The number of ether oxygens (including phenoxy) is 1. The molecule has 2 heterocycles. The minimum atomic E-state index is 0.0125. The quantitative estimate of drug-likeness (QED) is 0.831. The summed E-state index contributed by atoms with van der Waals surface area (Å²) in [5.74, 6) is 1.33. The van der Waals surface area contributed by atoms with E-state index in [-0.39, 0.29) is 18.1 Å². The van der Waals surface area contributed by atoms with Crippen LogP contribution in [0.4, 0.5) is 11.9 Å². The second-order valence-electron chi connectivity index (χ2n) is 5.59. The van der Waals surface area contributed by atoms with E-state index < -0.39 is 0 Å². The molecule has 0 saturated carbocycles. The molecule has 1 aliphatic rings. The van der Waals surface area contributed by atoms with Crippen LogP contribution >= 0.6 is 0 Å². The van der Waals surface area contributed by atoms with Gasteiger partial charge in [-0.25, -0.2) is 0 Å². The molecule has 3 N–H and O–H groups in total. The van der Waals surface area contributed by atoms with Crippen molar-refractivity contribution in [3.05, 3.63) is 0 Å². The van der Waals surface area contributed by atoms with Crippen LogP contribution in [0, 0.1) is 5.92 Å². The van der Waals surface area contributed by atoms with Gasteiger partial charge in [0.05, 0.1) is 6.10 Å². The molecule has 0 atom stereocenters. The van der Waals surface area contributed by atoms with E-state index in [1.54, 1.807) is 0 Å². The van der Waals surface area contributed by atoms with E-state index in [1.807, 2.05) is 13.8 Å². The van der Waals surface area contributed by atoms with E-state index in [1.165, 1.54) is 12.8 Å².